The van der Waals surface area contributed by atoms with Crippen molar-refractivity contribution < 1.29 is 4.74 Å². The molecule has 1 N–H and O–H groups in total. The molecule has 0 atom stereocenters. The van der Waals surface area contributed by atoms with Gasteiger partial charge in [0.1, 0.15) is 12.4 Å². The van der Waals surface area contributed by atoms with Gasteiger partial charge in [-0.05, 0) is 59.7 Å². The van der Waals surface area contributed by atoms with Gasteiger partial charge in [-0.15, -0.1) is 0 Å². The Bertz CT molecular complexity index is 784. The number of halogens is 1. The summed E-state index contributed by atoms with van der Waals surface area (Å²) < 4.78 is 6.85. The third-order valence-corrected chi connectivity index (χ3v) is 3.91. The Kier molecular flexibility index (Phi) is 5.64. The quantitative estimate of drug-likeness (QED) is 0.454. The number of benzene rings is 3. The average Bonchev–Trinajstić information content (AvgIpc) is 2.63. The average molecular weight is 381 g/mol. The number of ether oxygens (including phenoxy) is 1. The maximum atomic E-state index is 5.79. The lowest BCUT2D eigenvalue weighted by Gasteiger charge is -2.06. The summed E-state index contributed by atoms with van der Waals surface area (Å²) in [6.07, 6.45) is 1.78. The van der Waals surface area contributed by atoms with Crippen LogP contribution < -0.4 is 10.2 Å². The number of anilines is 1. The van der Waals surface area contributed by atoms with E-state index in [0.717, 1.165) is 27.0 Å². The molecule has 0 unspecified atom stereocenters. The molecule has 0 aromatic heterocycles. The van der Waals surface area contributed by atoms with Crippen molar-refractivity contribution in [2.75, 3.05) is 5.43 Å². The van der Waals surface area contributed by atoms with Crippen molar-refractivity contribution in [3.8, 4) is 5.75 Å². The second kappa shape index (κ2) is 8.31. The minimum Gasteiger partial charge on any atom is -0.489 e. The number of rotatable bonds is 6. The zero-order valence-corrected chi connectivity index (χ0v) is 14.6. The van der Waals surface area contributed by atoms with E-state index in [0.29, 0.717) is 6.61 Å². The molecule has 0 bridgehead atoms. The molecule has 0 radical (unpaired) electrons. The van der Waals surface area contributed by atoms with E-state index in [2.05, 4.69) is 26.5 Å². The highest BCUT2D eigenvalue weighted by atomic mass is 79.9. The molecule has 3 aromatic rings. The van der Waals surface area contributed by atoms with E-state index >= 15 is 0 Å². The molecule has 120 valence electrons. The summed E-state index contributed by atoms with van der Waals surface area (Å²) >= 11 is 3.43. The molecule has 4 heteroatoms. The minimum absolute atomic E-state index is 0.552. The van der Waals surface area contributed by atoms with E-state index in [1.54, 1.807) is 6.21 Å². The van der Waals surface area contributed by atoms with Crippen LogP contribution in [0.3, 0.4) is 0 Å². The second-order valence-corrected chi connectivity index (χ2v) is 6.14. The highest BCUT2D eigenvalue weighted by molar-refractivity contribution is 9.10. The standard InChI is InChI=1S/C20H17BrN2O/c21-18-10-6-17(7-11-18)15-24-20-12-8-16(9-13-20)14-22-23-19-4-2-1-3-5-19/h1-14,23H,15H2/b22-14+. The van der Waals surface area contributed by atoms with Gasteiger partial charge in [0.15, 0.2) is 0 Å². The Morgan fingerprint density at radius 1 is 0.875 bits per heavy atom. The van der Waals surface area contributed by atoms with Crippen LogP contribution in [-0.2, 0) is 6.61 Å². The number of nitrogens with one attached hydrogen (secondary N) is 1. The van der Waals surface area contributed by atoms with Crippen LogP contribution in [0.15, 0.2) is 88.4 Å². The highest BCUT2D eigenvalue weighted by Gasteiger charge is 1.97. The molecule has 0 aliphatic heterocycles. The maximum Gasteiger partial charge on any atom is 0.119 e. The number of para-hydroxylation sites is 1. The number of hydrogen-bond donors (Lipinski definition) is 1. The van der Waals surface area contributed by atoms with Crippen LogP contribution in [0, 0.1) is 0 Å². The first-order valence-electron chi connectivity index (χ1n) is 7.61. The predicted octanol–water partition coefficient (Wildman–Crippen LogP) is 5.47. The van der Waals surface area contributed by atoms with E-state index in [4.69, 9.17) is 4.74 Å². The Morgan fingerprint density at radius 2 is 1.58 bits per heavy atom. The van der Waals surface area contributed by atoms with Gasteiger partial charge in [-0.2, -0.15) is 5.10 Å². The van der Waals surface area contributed by atoms with Crippen LogP contribution in [0.2, 0.25) is 0 Å². The van der Waals surface area contributed by atoms with Crippen LogP contribution in [0.4, 0.5) is 5.69 Å². The Morgan fingerprint density at radius 3 is 2.29 bits per heavy atom. The number of hydrogen-bond acceptors (Lipinski definition) is 3. The van der Waals surface area contributed by atoms with Crippen LogP contribution in [-0.4, -0.2) is 6.21 Å². The lowest BCUT2D eigenvalue weighted by atomic mass is 10.2. The van der Waals surface area contributed by atoms with Crippen LogP contribution in [0.1, 0.15) is 11.1 Å². The predicted molar refractivity (Wildman–Crippen MR) is 103 cm³/mol. The summed E-state index contributed by atoms with van der Waals surface area (Å²) in [4.78, 5) is 0. The number of nitrogens with zero attached hydrogens (tertiary/aromatic N) is 1. The lowest BCUT2D eigenvalue weighted by molar-refractivity contribution is 0.306. The Labute approximate surface area is 150 Å². The highest BCUT2D eigenvalue weighted by Crippen LogP contribution is 2.15. The molecular formula is C20H17BrN2O. The van der Waals surface area contributed by atoms with Gasteiger partial charge < -0.3 is 4.74 Å². The van der Waals surface area contributed by atoms with Crippen molar-refractivity contribution in [2.24, 2.45) is 5.10 Å². The third-order valence-electron chi connectivity index (χ3n) is 3.38. The normalized spacial score (nSPS) is 10.7. The van der Waals surface area contributed by atoms with Crippen molar-refractivity contribution in [3.05, 3.63) is 94.5 Å². The van der Waals surface area contributed by atoms with Gasteiger partial charge in [0.25, 0.3) is 0 Å². The Balaban J connectivity index is 1.52. The van der Waals surface area contributed by atoms with Crippen molar-refractivity contribution in [1.29, 1.82) is 0 Å². The molecule has 0 aliphatic carbocycles. The van der Waals surface area contributed by atoms with Crippen LogP contribution in [0.25, 0.3) is 0 Å². The zero-order valence-electron chi connectivity index (χ0n) is 13.0. The molecule has 0 heterocycles. The molecular weight excluding hydrogens is 364 g/mol. The van der Waals surface area contributed by atoms with Gasteiger partial charge >= 0.3 is 0 Å². The molecule has 0 aliphatic rings. The first-order valence-corrected chi connectivity index (χ1v) is 8.40. The summed E-state index contributed by atoms with van der Waals surface area (Å²) in [6.45, 7) is 0.552. The topological polar surface area (TPSA) is 33.6 Å². The van der Waals surface area contributed by atoms with Crippen LogP contribution >= 0.6 is 15.9 Å². The summed E-state index contributed by atoms with van der Waals surface area (Å²) in [5, 5.41) is 4.22. The maximum absolute atomic E-state index is 5.79. The molecule has 0 spiro atoms. The minimum atomic E-state index is 0.552. The monoisotopic (exact) mass is 380 g/mol. The molecule has 24 heavy (non-hydrogen) atoms. The lowest BCUT2D eigenvalue weighted by Crippen LogP contribution is -1.95. The van der Waals surface area contributed by atoms with Crippen molar-refractivity contribution in [2.45, 2.75) is 6.61 Å². The third kappa shape index (κ3) is 4.96. The second-order valence-electron chi connectivity index (χ2n) is 5.22. The summed E-state index contributed by atoms with van der Waals surface area (Å²) in [5.74, 6) is 0.839. The fourth-order valence-corrected chi connectivity index (χ4v) is 2.36. The molecule has 3 rings (SSSR count). The van der Waals surface area contributed by atoms with E-state index in [1.165, 1.54) is 0 Å². The molecule has 3 nitrogen and oxygen atoms in total. The number of hydrazone groups is 1. The summed E-state index contributed by atoms with van der Waals surface area (Å²) in [5.41, 5.74) is 6.10. The fourth-order valence-electron chi connectivity index (χ4n) is 2.09. The van der Waals surface area contributed by atoms with Crippen molar-refractivity contribution >= 4 is 27.8 Å². The first-order chi connectivity index (χ1) is 11.8. The fraction of sp³-hybridized carbons (Fsp3) is 0.0500. The summed E-state index contributed by atoms with van der Waals surface area (Å²) in [7, 11) is 0. The molecule has 0 amide bonds. The van der Waals surface area contributed by atoms with Crippen molar-refractivity contribution in [1.82, 2.24) is 0 Å². The van der Waals surface area contributed by atoms with E-state index < -0.39 is 0 Å². The zero-order chi connectivity index (χ0) is 16.6. The van der Waals surface area contributed by atoms with Gasteiger partial charge in [-0.1, -0.05) is 46.3 Å². The van der Waals surface area contributed by atoms with Gasteiger partial charge in [0.2, 0.25) is 0 Å². The van der Waals surface area contributed by atoms with Gasteiger partial charge in [-0.25, -0.2) is 0 Å². The van der Waals surface area contributed by atoms with Gasteiger partial charge in [0.05, 0.1) is 11.9 Å². The molecule has 3 aromatic carbocycles. The SMILES string of the molecule is Brc1ccc(COc2ccc(/C=N/Nc3ccccc3)cc2)cc1. The molecule has 0 saturated heterocycles. The van der Waals surface area contributed by atoms with Crippen molar-refractivity contribution in [3.63, 3.8) is 0 Å². The van der Waals surface area contributed by atoms with Crippen LogP contribution in [0.5, 0.6) is 5.75 Å². The van der Waals surface area contributed by atoms with E-state index in [9.17, 15) is 0 Å². The van der Waals surface area contributed by atoms with Gasteiger partial charge in [-0.3, -0.25) is 5.43 Å². The first kappa shape index (κ1) is 16.3. The van der Waals surface area contributed by atoms with Gasteiger partial charge in [0, 0.05) is 4.47 Å². The Hall–Kier alpha value is -2.59. The summed E-state index contributed by atoms with van der Waals surface area (Å²) in [6, 6.07) is 25.8. The van der Waals surface area contributed by atoms with E-state index in [1.807, 2.05) is 78.9 Å². The molecule has 0 fully saturated rings. The largest absolute Gasteiger partial charge is 0.489 e. The molecule has 0 saturated carbocycles. The van der Waals surface area contributed by atoms with E-state index in [-0.39, 0.29) is 0 Å². The smallest absolute Gasteiger partial charge is 0.119 e.